The quantitative estimate of drug-likeness (QED) is 0.449. The SMILES string of the molecule is C#CCOc1ccc(/C=C(\C#N)C(=O)NCc2ccco2)cc1OCC. The topological polar surface area (TPSA) is 84.5 Å². The molecule has 0 aliphatic heterocycles. The molecular formula is C20H18N2O4. The predicted octanol–water partition coefficient (Wildman–Crippen LogP) is 2.91. The Morgan fingerprint density at radius 1 is 1.35 bits per heavy atom. The lowest BCUT2D eigenvalue weighted by Gasteiger charge is -2.11. The van der Waals surface area contributed by atoms with E-state index >= 15 is 0 Å². The van der Waals surface area contributed by atoms with Gasteiger partial charge in [0.2, 0.25) is 0 Å². The van der Waals surface area contributed by atoms with E-state index in [9.17, 15) is 10.1 Å². The molecule has 0 fully saturated rings. The van der Waals surface area contributed by atoms with E-state index in [0.717, 1.165) is 0 Å². The van der Waals surface area contributed by atoms with Crippen LogP contribution in [0, 0.1) is 23.7 Å². The molecule has 26 heavy (non-hydrogen) atoms. The molecule has 132 valence electrons. The normalized spacial score (nSPS) is 10.5. The van der Waals surface area contributed by atoms with E-state index in [1.54, 1.807) is 30.3 Å². The van der Waals surface area contributed by atoms with Crippen molar-refractivity contribution in [1.82, 2.24) is 5.32 Å². The third-order valence-corrected chi connectivity index (χ3v) is 3.26. The fourth-order valence-corrected chi connectivity index (χ4v) is 2.11. The van der Waals surface area contributed by atoms with Crippen LogP contribution in [-0.2, 0) is 11.3 Å². The summed E-state index contributed by atoms with van der Waals surface area (Å²) < 4.78 is 16.1. The van der Waals surface area contributed by atoms with Crippen LogP contribution in [0.2, 0.25) is 0 Å². The van der Waals surface area contributed by atoms with Crippen LogP contribution >= 0.6 is 0 Å². The number of nitrogens with one attached hydrogen (secondary N) is 1. The molecule has 0 aliphatic rings. The predicted molar refractivity (Wildman–Crippen MR) is 96.1 cm³/mol. The Morgan fingerprint density at radius 2 is 2.19 bits per heavy atom. The lowest BCUT2D eigenvalue weighted by molar-refractivity contribution is -0.117. The minimum Gasteiger partial charge on any atom is -0.490 e. The molecule has 0 saturated carbocycles. The highest BCUT2D eigenvalue weighted by Crippen LogP contribution is 2.29. The van der Waals surface area contributed by atoms with Crippen LogP contribution in [0.1, 0.15) is 18.2 Å². The third kappa shape index (κ3) is 5.19. The lowest BCUT2D eigenvalue weighted by Crippen LogP contribution is -2.23. The fraction of sp³-hybridized carbons (Fsp3) is 0.200. The fourth-order valence-electron chi connectivity index (χ4n) is 2.11. The van der Waals surface area contributed by atoms with E-state index in [1.807, 2.05) is 13.0 Å². The number of benzene rings is 1. The van der Waals surface area contributed by atoms with E-state index in [1.165, 1.54) is 12.3 Å². The van der Waals surface area contributed by atoms with Gasteiger partial charge in [-0.2, -0.15) is 5.26 Å². The summed E-state index contributed by atoms with van der Waals surface area (Å²) in [5.74, 6) is 3.49. The summed E-state index contributed by atoms with van der Waals surface area (Å²) in [5, 5.41) is 11.9. The Labute approximate surface area is 152 Å². The molecule has 1 aromatic heterocycles. The molecule has 0 saturated heterocycles. The zero-order valence-electron chi connectivity index (χ0n) is 14.3. The molecule has 1 heterocycles. The van der Waals surface area contributed by atoms with Gasteiger partial charge >= 0.3 is 0 Å². The van der Waals surface area contributed by atoms with Crippen molar-refractivity contribution in [2.45, 2.75) is 13.5 Å². The Morgan fingerprint density at radius 3 is 2.85 bits per heavy atom. The van der Waals surface area contributed by atoms with Gasteiger partial charge in [-0.05, 0) is 42.8 Å². The highest BCUT2D eigenvalue weighted by atomic mass is 16.5. The molecule has 1 amide bonds. The smallest absolute Gasteiger partial charge is 0.262 e. The highest BCUT2D eigenvalue weighted by Gasteiger charge is 2.11. The van der Waals surface area contributed by atoms with Crippen molar-refractivity contribution in [1.29, 1.82) is 5.26 Å². The van der Waals surface area contributed by atoms with Gasteiger partial charge in [-0.3, -0.25) is 4.79 Å². The van der Waals surface area contributed by atoms with E-state index < -0.39 is 5.91 Å². The number of carbonyl (C=O) groups is 1. The van der Waals surface area contributed by atoms with Gasteiger partial charge in [-0.25, -0.2) is 0 Å². The number of furan rings is 1. The van der Waals surface area contributed by atoms with Crippen LogP contribution in [0.4, 0.5) is 0 Å². The molecule has 0 radical (unpaired) electrons. The standard InChI is InChI=1S/C20H18N2O4/c1-3-9-26-18-8-7-15(12-19(18)24-4-2)11-16(13-21)20(23)22-14-17-6-5-10-25-17/h1,5-8,10-12H,4,9,14H2,2H3,(H,22,23)/b16-11+. The van der Waals surface area contributed by atoms with E-state index in [4.69, 9.17) is 20.3 Å². The van der Waals surface area contributed by atoms with Crippen molar-refractivity contribution >= 4 is 12.0 Å². The summed E-state index contributed by atoms with van der Waals surface area (Å²) in [6.07, 6.45) is 8.19. The first-order chi connectivity index (χ1) is 12.7. The van der Waals surface area contributed by atoms with E-state index in [2.05, 4.69) is 11.2 Å². The van der Waals surface area contributed by atoms with Crippen molar-refractivity contribution < 1.29 is 18.7 Å². The minimum absolute atomic E-state index is 0.0312. The first-order valence-electron chi connectivity index (χ1n) is 7.93. The van der Waals surface area contributed by atoms with Gasteiger partial charge < -0.3 is 19.2 Å². The lowest BCUT2D eigenvalue weighted by atomic mass is 10.1. The Hall–Kier alpha value is -3.64. The number of hydrogen-bond donors (Lipinski definition) is 1. The van der Waals surface area contributed by atoms with Gasteiger partial charge in [0, 0.05) is 0 Å². The van der Waals surface area contributed by atoms with Crippen molar-refractivity contribution in [3.8, 4) is 29.9 Å². The molecule has 0 bridgehead atoms. The molecule has 1 N–H and O–H groups in total. The number of ether oxygens (including phenoxy) is 2. The maximum Gasteiger partial charge on any atom is 0.262 e. The summed E-state index contributed by atoms with van der Waals surface area (Å²) in [5.41, 5.74) is 0.600. The van der Waals surface area contributed by atoms with Crippen LogP contribution in [-0.4, -0.2) is 19.1 Å². The molecule has 0 atom stereocenters. The molecular weight excluding hydrogens is 332 g/mol. The van der Waals surface area contributed by atoms with Crippen molar-refractivity contribution in [2.75, 3.05) is 13.2 Å². The maximum atomic E-state index is 12.2. The van der Waals surface area contributed by atoms with Crippen LogP contribution in [0.15, 0.2) is 46.6 Å². The monoisotopic (exact) mass is 350 g/mol. The second-order valence-electron chi connectivity index (χ2n) is 5.06. The van der Waals surface area contributed by atoms with Crippen LogP contribution in [0.25, 0.3) is 6.08 Å². The van der Waals surface area contributed by atoms with Gasteiger partial charge in [0.25, 0.3) is 5.91 Å². The Bertz CT molecular complexity index is 855. The number of rotatable bonds is 8. The number of nitriles is 1. The summed E-state index contributed by atoms with van der Waals surface area (Å²) in [6.45, 7) is 2.60. The average molecular weight is 350 g/mol. The molecule has 0 unspecified atom stereocenters. The summed E-state index contributed by atoms with van der Waals surface area (Å²) >= 11 is 0. The molecule has 0 spiro atoms. The van der Waals surface area contributed by atoms with Gasteiger partial charge in [0.15, 0.2) is 11.5 Å². The van der Waals surface area contributed by atoms with Gasteiger partial charge in [0.05, 0.1) is 19.4 Å². The zero-order chi connectivity index (χ0) is 18.8. The largest absolute Gasteiger partial charge is 0.490 e. The number of hydrogen-bond acceptors (Lipinski definition) is 5. The van der Waals surface area contributed by atoms with Gasteiger partial charge in [-0.15, -0.1) is 6.42 Å². The van der Waals surface area contributed by atoms with Gasteiger partial charge in [0.1, 0.15) is 24.0 Å². The molecule has 1 aromatic carbocycles. The van der Waals surface area contributed by atoms with Crippen molar-refractivity contribution in [2.24, 2.45) is 0 Å². The van der Waals surface area contributed by atoms with Gasteiger partial charge in [-0.1, -0.05) is 12.0 Å². The second kappa shape index (κ2) is 9.61. The number of carbonyl (C=O) groups excluding carboxylic acids is 1. The van der Waals surface area contributed by atoms with Crippen LogP contribution in [0.3, 0.4) is 0 Å². The minimum atomic E-state index is -0.491. The molecule has 2 aromatic rings. The number of amides is 1. The first-order valence-corrected chi connectivity index (χ1v) is 7.93. The average Bonchev–Trinajstić information content (AvgIpc) is 3.17. The summed E-state index contributed by atoms with van der Waals surface area (Å²) in [6, 6.07) is 10.4. The van der Waals surface area contributed by atoms with E-state index in [0.29, 0.717) is 29.4 Å². The summed E-state index contributed by atoms with van der Waals surface area (Å²) in [7, 11) is 0. The summed E-state index contributed by atoms with van der Waals surface area (Å²) in [4.78, 5) is 12.2. The highest BCUT2D eigenvalue weighted by molar-refractivity contribution is 6.01. The maximum absolute atomic E-state index is 12.2. The number of terminal acetylenes is 1. The van der Waals surface area contributed by atoms with Crippen LogP contribution < -0.4 is 14.8 Å². The number of nitrogens with zero attached hydrogens (tertiary/aromatic N) is 1. The first kappa shape index (κ1) is 18.7. The Balaban J connectivity index is 2.16. The van der Waals surface area contributed by atoms with Crippen molar-refractivity contribution in [3.05, 3.63) is 53.5 Å². The molecule has 6 heteroatoms. The van der Waals surface area contributed by atoms with E-state index in [-0.39, 0.29) is 18.7 Å². The second-order valence-corrected chi connectivity index (χ2v) is 5.06. The molecule has 0 aliphatic carbocycles. The third-order valence-electron chi connectivity index (χ3n) is 3.26. The molecule has 2 rings (SSSR count). The van der Waals surface area contributed by atoms with Crippen LogP contribution in [0.5, 0.6) is 11.5 Å². The zero-order valence-corrected chi connectivity index (χ0v) is 14.3. The van der Waals surface area contributed by atoms with Crippen molar-refractivity contribution in [3.63, 3.8) is 0 Å². The Kier molecular flexibility index (Phi) is 6.91. The molecule has 6 nitrogen and oxygen atoms in total.